The molecule has 0 spiro atoms. The fourth-order valence-electron chi connectivity index (χ4n) is 4.81. The van der Waals surface area contributed by atoms with Crippen LogP contribution in [0.5, 0.6) is 0 Å². The summed E-state index contributed by atoms with van der Waals surface area (Å²) in [7, 11) is 0. The van der Waals surface area contributed by atoms with Gasteiger partial charge in [-0.2, -0.15) is 0 Å². The van der Waals surface area contributed by atoms with E-state index in [-0.39, 0.29) is 23.3 Å². The summed E-state index contributed by atoms with van der Waals surface area (Å²) in [6, 6.07) is 18.4. The number of hydrogen-bond acceptors (Lipinski definition) is 2. The molecule has 0 aliphatic heterocycles. The van der Waals surface area contributed by atoms with Crippen molar-refractivity contribution in [3.05, 3.63) is 71.3 Å². The molecule has 34 heavy (non-hydrogen) atoms. The molecule has 0 radical (unpaired) electrons. The lowest BCUT2D eigenvalue weighted by molar-refractivity contribution is -0.141. The van der Waals surface area contributed by atoms with E-state index in [1.54, 1.807) is 4.90 Å². The molecule has 184 valence electrons. The molecule has 4 nitrogen and oxygen atoms in total. The number of amides is 2. The van der Waals surface area contributed by atoms with Gasteiger partial charge in [-0.05, 0) is 47.8 Å². The van der Waals surface area contributed by atoms with Crippen molar-refractivity contribution in [2.75, 3.05) is 0 Å². The molecule has 1 saturated carbocycles. The van der Waals surface area contributed by atoms with E-state index in [4.69, 9.17) is 0 Å². The Balaban J connectivity index is 1.71. The molecule has 0 unspecified atom stereocenters. The maximum Gasteiger partial charge on any atom is 0.243 e. The number of benzene rings is 2. The van der Waals surface area contributed by atoms with Gasteiger partial charge in [-0.15, -0.1) is 0 Å². The summed E-state index contributed by atoms with van der Waals surface area (Å²) in [6.07, 6.45) is 7.35. The summed E-state index contributed by atoms with van der Waals surface area (Å²) < 4.78 is 0. The number of nitrogens with zero attached hydrogens (tertiary/aromatic N) is 1. The molecule has 1 fully saturated rings. The summed E-state index contributed by atoms with van der Waals surface area (Å²) >= 11 is 0. The third-order valence-corrected chi connectivity index (χ3v) is 6.98. The monoisotopic (exact) mass is 462 g/mol. The number of aryl methyl sites for hydroxylation is 1. The number of nitrogens with one attached hydrogen (secondary N) is 1. The first-order chi connectivity index (χ1) is 16.3. The van der Waals surface area contributed by atoms with Gasteiger partial charge in [0, 0.05) is 19.0 Å². The number of hydrogen-bond donors (Lipinski definition) is 1. The predicted molar refractivity (Wildman–Crippen MR) is 140 cm³/mol. The van der Waals surface area contributed by atoms with Gasteiger partial charge in [0.25, 0.3) is 0 Å². The lowest BCUT2D eigenvalue weighted by Gasteiger charge is -2.33. The molecule has 0 saturated heterocycles. The molecule has 0 heterocycles. The Hall–Kier alpha value is -2.62. The summed E-state index contributed by atoms with van der Waals surface area (Å²) in [5.41, 5.74) is 3.61. The zero-order valence-corrected chi connectivity index (χ0v) is 21.5. The molecule has 2 aromatic rings. The van der Waals surface area contributed by atoms with Crippen molar-refractivity contribution >= 4 is 11.8 Å². The molecule has 2 aromatic carbocycles. The molecule has 0 aromatic heterocycles. The van der Waals surface area contributed by atoms with Gasteiger partial charge in [-0.1, -0.05) is 102 Å². The van der Waals surface area contributed by atoms with Crippen LogP contribution in [-0.4, -0.2) is 28.8 Å². The van der Waals surface area contributed by atoms with Crippen molar-refractivity contribution < 1.29 is 9.59 Å². The Kier molecular flexibility index (Phi) is 9.32. The van der Waals surface area contributed by atoms with E-state index >= 15 is 0 Å². The second-order valence-corrected chi connectivity index (χ2v) is 10.7. The first-order valence-electron chi connectivity index (χ1n) is 13.0. The summed E-state index contributed by atoms with van der Waals surface area (Å²) in [6.45, 7) is 9.07. The lowest BCUT2D eigenvalue weighted by Crippen LogP contribution is -2.51. The van der Waals surface area contributed by atoms with E-state index in [9.17, 15) is 9.59 Å². The van der Waals surface area contributed by atoms with Crippen molar-refractivity contribution in [2.45, 2.75) is 103 Å². The van der Waals surface area contributed by atoms with Crippen molar-refractivity contribution in [3.63, 3.8) is 0 Å². The minimum absolute atomic E-state index is 0.00629. The third-order valence-electron chi connectivity index (χ3n) is 6.98. The highest BCUT2D eigenvalue weighted by Crippen LogP contribution is 2.23. The first kappa shape index (κ1) is 26.0. The zero-order chi connectivity index (χ0) is 24.6. The molecular formula is C30H42N2O2. The van der Waals surface area contributed by atoms with Crippen LogP contribution < -0.4 is 5.32 Å². The number of rotatable bonds is 9. The highest BCUT2D eigenvalue weighted by Gasteiger charge is 2.30. The average molecular weight is 463 g/mol. The van der Waals surface area contributed by atoms with Gasteiger partial charge in [-0.25, -0.2) is 0 Å². The van der Waals surface area contributed by atoms with Crippen molar-refractivity contribution in [1.82, 2.24) is 10.2 Å². The lowest BCUT2D eigenvalue weighted by atomic mass is 9.86. The van der Waals surface area contributed by atoms with Gasteiger partial charge in [0.15, 0.2) is 0 Å². The normalized spacial score (nSPS) is 15.5. The predicted octanol–water partition coefficient (Wildman–Crippen LogP) is 6.17. The Morgan fingerprint density at radius 3 is 2.18 bits per heavy atom. The fourth-order valence-corrected chi connectivity index (χ4v) is 4.81. The van der Waals surface area contributed by atoms with Crippen LogP contribution in [0.25, 0.3) is 0 Å². The Bertz CT molecular complexity index is 909. The molecule has 1 aliphatic rings. The smallest absolute Gasteiger partial charge is 0.243 e. The van der Waals surface area contributed by atoms with Crippen LogP contribution in [0.4, 0.5) is 0 Å². The minimum Gasteiger partial charge on any atom is -0.352 e. The second kappa shape index (κ2) is 12.2. The van der Waals surface area contributed by atoms with Crippen molar-refractivity contribution in [1.29, 1.82) is 0 Å². The zero-order valence-electron chi connectivity index (χ0n) is 21.5. The second-order valence-electron chi connectivity index (χ2n) is 10.7. The maximum atomic E-state index is 13.5. The van der Waals surface area contributed by atoms with Crippen LogP contribution in [-0.2, 0) is 28.0 Å². The van der Waals surface area contributed by atoms with Crippen molar-refractivity contribution in [3.8, 4) is 0 Å². The van der Waals surface area contributed by atoms with Crippen LogP contribution in [0.15, 0.2) is 54.6 Å². The maximum absolute atomic E-state index is 13.5. The average Bonchev–Trinajstić information content (AvgIpc) is 2.83. The van der Waals surface area contributed by atoms with Gasteiger partial charge in [0.1, 0.15) is 6.04 Å². The molecule has 1 N–H and O–H groups in total. The SMILES string of the molecule is CC[C@H](C(=O)NC1CCCCC1)N(Cc1ccccc1)C(=O)CCc1ccc(C(C)(C)C)cc1. The number of carbonyl (C=O) groups excluding carboxylic acids is 2. The molecule has 1 aliphatic carbocycles. The summed E-state index contributed by atoms with van der Waals surface area (Å²) in [4.78, 5) is 28.6. The van der Waals surface area contributed by atoms with Gasteiger partial charge in [-0.3, -0.25) is 9.59 Å². The largest absolute Gasteiger partial charge is 0.352 e. The first-order valence-corrected chi connectivity index (χ1v) is 13.0. The van der Waals surface area contributed by atoms with Gasteiger partial charge in [0.2, 0.25) is 11.8 Å². The van der Waals surface area contributed by atoms with Crippen molar-refractivity contribution in [2.24, 2.45) is 0 Å². The Morgan fingerprint density at radius 1 is 0.941 bits per heavy atom. The highest BCUT2D eigenvalue weighted by molar-refractivity contribution is 5.88. The van der Waals surface area contributed by atoms with E-state index < -0.39 is 6.04 Å². The van der Waals surface area contributed by atoms with Gasteiger partial charge < -0.3 is 10.2 Å². The molecule has 0 bridgehead atoms. The molecule has 4 heteroatoms. The van der Waals surface area contributed by atoms with E-state index in [1.807, 2.05) is 37.3 Å². The van der Waals surface area contributed by atoms with Crippen LogP contribution in [0, 0.1) is 0 Å². The van der Waals surface area contributed by atoms with E-state index in [0.29, 0.717) is 25.8 Å². The summed E-state index contributed by atoms with van der Waals surface area (Å²) in [5.74, 6) is 0.0302. The molecular weight excluding hydrogens is 420 g/mol. The topological polar surface area (TPSA) is 49.4 Å². The minimum atomic E-state index is -0.446. The third kappa shape index (κ3) is 7.44. The highest BCUT2D eigenvalue weighted by atomic mass is 16.2. The Labute approximate surface area is 206 Å². The van der Waals surface area contributed by atoms with E-state index in [1.165, 1.54) is 24.8 Å². The standard InChI is InChI=1S/C30H42N2O2/c1-5-27(29(34)31-26-14-10-7-11-15-26)32(22-24-12-8-6-9-13-24)28(33)21-18-23-16-19-25(20-17-23)30(2,3)4/h6,8-9,12-13,16-17,19-20,26-27H,5,7,10-11,14-15,18,21-22H2,1-4H3,(H,31,34)/t27-/m1/s1. The van der Waals surface area contributed by atoms with E-state index in [0.717, 1.165) is 24.0 Å². The van der Waals surface area contributed by atoms with Gasteiger partial charge in [0.05, 0.1) is 0 Å². The summed E-state index contributed by atoms with van der Waals surface area (Å²) in [5, 5.41) is 3.25. The van der Waals surface area contributed by atoms with Crippen LogP contribution >= 0.6 is 0 Å². The van der Waals surface area contributed by atoms with E-state index in [2.05, 4.69) is 50.4 Å². The molecule has 3 rings (SSSR count). The fraction of sp³-hybridized carbons (Fsp3) is 0.533. The quantitative estimate of drug-likeness (QED) is 0.484. The van der Waals surface area contributed by atoms with Crippen LogP contribution in [0.1, 0.15) is 89.3 Å². The molecule has 2 amide bonds. The van der Waals surface area contributed by atoms with Gasteiger partial charge >= 0.3 is 0 Å². The Morgan fingerprint density at radius 2 is 1.59 bits per heavy atom. The van der Waals surface area contributed by atoms with Crippen LogP contribution in [0.3, 0.4) is 0 Å². The van der Waals surface area contributed by atoms with Crippen LogP contribution in [0.2, 0.25) is 0 Å². The number of carbonyl (C=O) groups is 2. The molecule has 1 atom stereocenters.